The van der Waals surface area contributed by atoms with Crippen LogP contribution in [-0.2, 0) is 0 Å². The Morgan fingerprint density at radius 3 is 2.48 bits per heavy atom. The molecule has 4 rings (SSSR count). The Kier molecular flexibility index (Phi) is 6.13. The maximum absolute atomic E-state index is 11.4. The second-order valence-corrected chi connectivity index (χ2v) is 7.95. The smallest absolute Gasteiger partial charge is 0.343 e. The van der Waals surface area contributed by atoms with Crippen molar-refractivity contribution in [1.29, 1.82) is 0 Å². The normalized spacial score (nSPS) is 14.6. The van der Waals surface area contributed by atoms with E-state index >= 15 is 0 Å². The number of carboxylic acids is 1. The quantitative estimate of drug-likeness (QED) is 0.639. The van der Waals surface area contributed by atoms with Crippen LogP contribution in [0.1, 0.15) is 59.1 Å². The van der Waals surface area contributed by atoms with E-state index in [1.165, 1.54) is 24.8 Å². The molecule has 6 heteroatoms. The molecule has 3 aromatic rings. The molecule has 1 saturated carbocycles. The first-order valence-corrected chi connectivity index (χ1v) is 10.2. The van der Waals surface area contributed by atoms with E-state index in [0.717, 1.165) is 28.8 Å². The van der Waals surface area contributed by atoms with Crippen LogP contribution in [0.2, 0.25) is 0 Å². The van der Waals surface area contributed by atoms with Crippen molar-refractivity contribution in [3.8, 4) is 11.3 Å². The van der Waals surface area contributed by atoms with Gasteiger partial charge in [0.2, 0.25) is 5.71 Å². The predicted octanol–water partition coefficient (Wildman–Crippen LogP) is 4.92. The summed E-state index contributed by atoms with van der Waals surface area (Å²) < 4.78 is 7.26. The lowest BCUT2D eigenvalue weighted by molar-refractivity contribution is 0.0697. The van der Waals surface area contributed by atoms with Crippen molar-refractivity contribution in [1.82, 2.24) is 14.9 Å². The Bertz CT molecular complexity index is 1020. The van der Waals surface area contributed by atoms with Gasteiger partial charge in [-0.05, 0) is 65.5 Å². The molecule has 0 radical (unpaired) electrons. The minimum absolute atomic E-state index is 0.120. The van der Waals surface area contributed by atoms with Crippen LogP contribution in [0, 0.1) is 33.6 Å². The first-order valence-electron chi connectivity index (χ1n) is 10.2. The van der Waals surface area contributed by atoms with Crippen LogP contribution in [0.15, 0.2) is 22.6 Å². The van der Waals surface area contributed by atoms with Crippen LogP contribution in [0.3, 0.4) is 0 Å². The average molecular weight is 398 g/mol. The first-order chi connectivity index (χ1) is 13.8. The number of aromatic nitrogens is 2. The van der Waals surface area contributed by atoms with Gasteiger partial charge in [0.1, 0.15) is 17.0 Å². The lowest BCUT2D eigenvalue weighted by Crippen LogP contribution is -2.25. The number of hydrogen-bond donors (Lipinski definition) is 2. The van der Waals surface area contributed by atoms with E-state index < -0.39 is 5.97 Å². The van der Waals surface area contributed by atoms with Gasteiger partial charge in [-0.15, -0.1) is 0 Å². The van der Waals surface area contributed by atoms with Crippen molar-refractivity contribution in [2.24, 2.45) is 5.92 Å². The summed E-state index contributed by atoms with van der Waals surface area (Å²) in [5.41, 5.74) is 4.94. The fourth-order valence-corrected chi connectivity index (χ4v) is 4.00. The van der Waals surface area contributed by atoms with Crippen molar-refractivity contribution in [2.45, 2.75) is 59.9 Å². The zero-order chi connectivity index (χ0) is 21.3. The number of aromatic carboxylic acids is 1. The van der Waals surface area contributed by atoms with E-state index in [1.54, 1.807) is 11.4 Å². The number of fused-ring (bicyclic) bond motifs is 1. The van der Waals surface area contributed by atoms with Gasteiger partial charge in [0.15, 0.2) is 0 Å². The number of hydrogen-bond acceptors (Lipinski definition) is 4. The van der Waals surface area contributed by atoms with Gasteiger partial charge in [0, 0.05) is 11.6 Å². The summed E-state index contributed by atoms with van der Waals surface area (Å²) in [4.78, 5) is 11.4. The van der Waals surface area contributed by atoms with Gasteiger partial charge in [-0.1, -0.05) is 30.7 Å². The second-order valence-electron chi connectivity index (χ2n) is 7.95. The molecule has 0 amide bonds. The van der Waals surface area contributed by atoms with Crippen molar-refractivity contribution >= 4 is 11.7 Å². The third kappa shape index (κ3) is 4.22. The van der Waals surface area contributed by atoms with E-state index in [-0.39, 0.29) is 11.3 Å². The van der Waals surface area contributed by atoms with Crippen LogP contribution < -0.4 is 5.32 Å². The van der Waals surface area contributed by atoms with Gasteiger partial charge in [-0.25, -0.2) is 4.79 Å². The lowest BCUT2D eigenvalue weighted by atomic mass is 10.0. The topological polar surface area (TPSA) is 79.8 Å². The summed E-state index contributed by atoms with van der Waals surface area (Å²) in [6.07, 6.45) is 4.21. The SMILES string of the molecule is CCC(NC)C1CC1.Cc1ccc(-c2c(C)oc3c(C(=O)O)c(C)nn23)c(C)c1. The van der Waals surface area contributed by atoms with Gasteiger partial charge < -0.3 is 14.8 Å². The molecule has 0 saturated heterocycles. The Labute approximate surface area is 171 Å². The van der Waals surface area contributed by atoms with E-state index in [0.29, 0.717) is 11.5 Å². The Balaban J connectivity index is 0.000000252. The third-order valence-electron chi connectivity index (χ3n) is 5.67. The molecule has 0 bridgehead atoms. The molecular formula is C23H31N3O3. The second kappa shape index (κ2) is 8.41. The molecule has 1 unspecified atom stereocenters. The summed E-state index contributed by atoms with van der Waals surface area (Å²) in [7, 11) is 2.06. The number of benzene rings is 1. The number of oxazole rings is 1. The van der Waals surface area contributed by atoms with Crippen LogP contribution in [0.5, 0.6) is 0 Å². The molecule has 156 valence electrons. The van der Waals surface area contributed by atoms with E-state index in [4.69, 9.17) is 4.42 Å². The predicted molar refractivity (Wildman–Crippen MR) is 115 cm³/mol. The average Bonchev–Trinajstić information content (AvgIpc) is 3.37. The molecule has 1 aliphatic carbocycles. The van der Waals surface area contributed by atoms with Gasteiger partial charge in [-0.2, -0.15) is 9.61 Å². The van der Waals surface area contributed by atoms with Crippen molar-refractivity contribution < 1.29 is 14.3 Å². The molecule has 1 aliphatic rings. The molecule has 0 spiro atoms. The van der Waals surface area contributed by atoms with Gasteiger partial charge >= 0.3 is 5.97 Å². The van der Waals surface area contributed by atoms with E-state index in [9.17, 15) is 9.90 Å². The molecule has 0 aliphatic heterocycles. The highest BCUT2D eigenvalue weighted by atomic mass is 16.4. The summed E-state index contributed by atoms with van der Waals surface area (Å²) >= 11 is 0. The largest absolute Gasteiger partial charge is 0.477 e. The molecule has 1 aromatic carbocycles. The number of aryl methyl sites for hydroxylation is 4. The molecular weight excluding hydrogens is 366 g/mol. The first kappa shape index (κ1) is 21.1. The van der Waals surface area contributed by atoms with Crippen molar-refractivity contribution in [2.75, 3.05) is 7.05 Å². The van der Waals surface area contributed by atoms with E-state index in [1.807, 2.05) is 32.9 Å². The summed E-state index contributed by atoms with van der Waals surface area (Å²) in [6.45, 7) is 9.81. The van der Waals surface area contributed by atoms with Crippen molar-refractivity contribution in [3.63, 3.8) is 0 Å². The van der Waals surface area contributed by atoms with Gasteiger partial charge in [0.05, 0.1) is 5.69 Å². The number of carboxylic acid groups (broad SMARTS) is 1. The lowest BCUT2D eigenvalue weighted by Gasteiger charge is -2.10. The molecule has 2 N–H and O–H groups in total. The highest BCUT2D eigenvalue weighted by molar-refractivity contribution is 5.95. The molecule has 1 fully saturated rings. The maximum Gasteiger partial charge on any atom is 0.343 e. The maximum atomic E-state index is 11.4. The van der Waals surface area contributed by atoms with Crippen LogP contribution in [0.25, 0.3) is 17.0 Å². The number of nitrogens with zero attached hydrogens (tertiary/aromatic N) is 2. The summed E-state index contributed by atoms with van der Waals surface area (Å²) in [5.74, 6) is 0.653. The zero-order valence-corrected chi connectivity index (χ0v) is 18.2. The fourth-order valence-electron chi connectivity index (χ4n) is 4.00. The minimum atomic E-state index is -1.02. The monoisotopic (exact) mass is 397 g/mol. The highest BCUT2D eigenvalue weighted by Gasteiger charge is 2.28. The molecule has 29 heavy (non-hydrogen) atoms. The van der Waals surface area contributed by atoms with Gasteiger partial charge in [-0.3, -0.25) is 0 Å². The number of nitrogens with one attached hydrogen (secondary N) is 1. The van der Waals surface area contributed by atoms with E-state index in [2.05, 4.69) is 30.5 Å². The van der Waals surface area contributed by atoms with Crippen LogP contribution >= 0.6 is 0 Å². The minimum Gasteiger partial charge on any atom is -0.477 e. The fraction of sp³-hybridized carbons (Fsp3) is 0.478. The third-order valence-corrected chi connectivity index (χ3v) is 5.67. The molecule has 2 aromatic heterocycles. The Morgan fingerprint density at radius 2 is 2.00 bits per heavy atom. The van der Waals surface area contributed by atoms with Crippen LogP contribution in [-0.4, -0.2) is 33.8 Å². The standard InChI is InChI=1S/C16H16N2O3.C7H15N/c1-8-5-6-12(9(2)7-8)14-11(4)21-15-13(16(19)20)10(3)17-18(14)15;1-3-7(8-2)6-4-5-6/h5-7H,1-4H3,(H,19,20);6-8H,3-5H2,1-2H3. The molecule has 6 nitrogen and oxygen atoms in total. The molecule has 2 heterocycles. The Hall–Kier alpha value is -2.60. The Morgan fingerprint density at radius 1 is 1.31 bits per heavy atom. The van der Waals surface area contributed by atoms with Gasteiger partial charge in [0.25, 0.3) is 0 Å². The van der Waals surface area contributed by atoms with Crippen LogP contribution in [0.4, 0.5) is 0 Å². The summed E-state index contributed by atoms with van der Waals surface area (Å²) in [5, 5.41) is 17.0. The molecule has 1 atom stereocenters. The number of carbonyl (C=O) groups is 1. The summed E-state index contributed by atoms with van der Waals surface area (Å²) in [6, 6.07) is 6.94. The highest BCUT2D eigenvalue weighted by Crippen LogP contribution is 2.33. The zero-order valence-electron chi connectivity index (χ0n) is 18.2. The van der Waals surface area contributed by atoms with Crippen molar-refractivity contribution in [3.05, 3.63) is 46.3 Å². The number of rotatable bonds is 5.